The maximum absolute atomic E-state index is 12.0. The van der Waals surface area contributed by atoms with Crippen molar-refractivity contribution in [1.82, 2.24) is 15.5 Å². The minimum Gasteiger partial charge on any atom is -0.493 e. The second kappa shape index (κ2) is 10.9. The van der Waals surface area contributed by atoms with E-state index in [1.54, 1.807) is 14.2 Å². The molecule has 0 fully saturated rings. The highest BCUT2D eigenvalue weighted by molar-refractivity contribution is 7.12. The van der Waals surface area contributed by atoms with E-state index in [0.717, 1.165) is 54.8 Å². The molecule has 0 saturated heterocycles. The fourth-order valence-corrected chi connectivity index (χ4v) is 4.09. The summed E-state index contributed by atoms with van der Waals surface area (Å²) in [5.41, 5.74) is 2.52. The third-order valence-corrected chi connectivity index (χ3v) is 5.85. The predicted octanol–water partition coefficient (Wildman–Crippen LogP) is 2.91. The van der Waals surface area contributed by atoms with Gasteiger partial charge in [0.15, 0.2) is 17.5 Å². The molecule has 1 amide bonds. The van der Waals surface area contributed by atoms with Gasteiger partial charge in [0.1, 0.15) is 0 Å². The van der Waals surface area contributed by atoms with Gasteiger partial charge in [0.2, 0.25) is 0 Å². The summed E-state index contributed by atoms with van der Waals surface area (Å²) in [5.74, 6) is 2.41. The number of carbonyl (C=O) groups excluding carboxylic acids is 1. The molecular weight excluding hydrogens is 400 g/mol. The van der Waals surface area contributed by atoms with Crippen LogP contribution in [-0.2, 0) is 13.0 Å². The zero-order chi connectivity index (χ0) is 21.3. The number of guanidine groups is 1. The highest BCUT2D eigenvalue weighted by Crippen LogP contribution is 2.33. The monoisotopic (exact) mass is 430 g/mol. The Bertz CT molecular complexity index is 868. The lowest BCUT2D eigenvalue weighted by Crippen LogP contribution is -2.44. The van der Waals surface area contributed by atoms with Crippen molar-refractivity contribution in [2.75, 3.05) is 40.4 Å². The summed E-state index contributed by atoms with van der Waals surface area (Å²) >= 11 is 1.45. The van der Waals surface area contributed by atoms with Crippen LogP contribution >= 0.6 is 11.3 Å². The van der Waals surface area contributed by atoms with Crippen LogP contribution in [0.3, 0.4) is 0 Å². The van der Waals surface area contributed by atoms with E-state index in [-0.39, 0.29) is 5.91 Å². The van der Waals surface area contributed by atoms with Crippen molar-refractivity contribution in [2.24, 2.45) is 4.99 Å². The molecule has 0 saturated carbocycles. The summed E-state index contributed by atoms with van der Waals surface area (Å²) in [6, 6.07) is 7.85. The second-order valence-corrected chi connectivity index (χ2v) is 7.92. The normalized spacial score (nSPS) is 13.6. The smallest absolute Gasteiger partial charge is 0.261 e. The van der Waals surface area contributed by atoms with Gasteiger partial charge < -0.3 is 25.0 Å². The number of carbonyl (C=O) groups is 1. The molecule has 1 aliphatic heterocycles. The summed E-state index contributed by atoms with van der Waals surface area (Å²) in [7, 11) is 3.33. The van der Waals surface area contributed by atoms with E-state index < -0.39 is 0 Å². The first-order valence-electron chi connectivity index (χ1n) is 10.2. The standard InChI is InChI=1S/C22H30N4O3S/c1-4-23-22(25-10-6-9-24-21(27)20-7-5-12-30-20)26-11-8-16-13-18(28-2)19(29-3)14-17(16)15-26/h5,7,12-14H,4,6,8-11,15H2,1-3H3,(H,23,25)(H,24,27). The van der Waals surface area contributed by atoms with Gasteiger partial charge in [-0.3, -0.25) is 9.79 Å². The fraction of sp³-hybridized carbons (Fsp3) is 0.455. The molecule has 0 aliphatic carbocycles. The Hall–Kier alpha value is -2.74. The number of rotatable bonds is 8. The van der Waals surface area contributed by atoms with Crippen LogP contribution in [0.1, 0.15) is 34.1 Å². The number of aliphatic imine (C=N–C) groups is 1. The Labute approximate surface area is 182 Å². The summed E-state index contributed by atoms with van der Waals surface area (Å²) in [6.07, 6.45) is 1.72. The van der Waals surface area contributed by atoms with Gasteiger partial charge in [0.25, 0.3) is 5.91 Å². The molecule has 2 heterocycles. The molecule has 7 nitrogen and oxygen atoms in total. The number of fused-ring (bicyclic) bond motifs is 1. The third kappa shape index (κ3) is 5.44. The Morgan fingerprint density at radius 3 is 2.63 bits per heavy atom. The SMILES string of the molecule is CCNC(=NCCCNC(=O)c1cccs1)N1CCc2cc(OC)c(OC)cc2C1. The van der Waals surface area contributed by atoms with Crippen molar-refractivity contribution in [3.05, 3.63) is 45.6 Å². The molecule has 0 bridgehead atoms. The van der Waals surface area contributed by atoms with Crippen molar-refractivity contribution < 1.29 is 14.3 Å². The van der Waals surface area contributed by atoms with Gasteiger partial charge in [0, 0.05) is 32.7 Å². The number of hydrogen-bond donors (Lipinski definition) is 2. The Balaban J connectivity index is 1.57. The van der Waals surface area contributed by atoms with E-state index in [2.05, 4.69) is 34.6 Å². The Morgan fingerprint density at radius 2 is 1.97 bits per heavy atom. The van der Waals surface area contributed by atoms with E-state index >= 15 is 0 Å². The molecule has 0 unspecified atom stereocenters. The lowest BCUT2D eigenvalue weighted by Gasteiger charge is -2.32. The maximum Gasteiger partial charge on any atom is 0.261 e. The zero-order valence-corrected chi connectivity index (χ0v) is 18.7. The fourth-order valence-electron chi connectivity index (χ4n) is 3.45. The van der Waals surface area contributed by atoms with Crippen molar-refractivity contribution >= 4 is 23.2 Å². The van der Waals surface area contributed by atoms with Crippen LogP contribution in [0, 0.1) is 0 Å². The molecule has 0 radical (unpaired) electrons. The molecule has 1 aliphatic rings. The first-order valence-corrected chi connectivity index (χ1v) is 11.1. The van der Waals surface area contributed by atoms with Crippen LogP contribution in [0.2, 0.25) is 0 Å². The molecular formula is C22H30N4O3S. The van der Waals surface area contributed by atoms with Gasteiger partial charge in [-0.1, -0.05) is 6.07 Å². The van der Waals surface area contributed by atoms with Gasteiger partial charge in [-0.15, -0.1) is 11.3 Å². The molecule has 0 atom stereocenters. The van der Waals surface area contributed by atoms with E-state index in [4.69, 9.17) is 14.5 Å². The van der Waals surface area contributed by atoms with Gasteiger partial charge in [-0.05, 0) is 54.5 Å². The lowest BCUT2D eigenvalue weighted by molar-refractivity contribution is 0.0957. The number of thiophene rings is 1. The number of amides is 1. The maximum atomic E-state index is 12.0. The number of nitrogens with one attached hydrogen (secondary N) is 2. The van der Waals surface area contributed by atoms with Crippen LogP contribution in [0.5, 0.6) is 11.5 Å². The molecule has 2 aromatic rings. The van der Waals surface area contributed by atoms with E-state index in [1.165, 1.54) is 22.5 Å². The Morgan fingerprint density at radius 1 is 1.20 bits per heavy atom. The van der Waals surface area contributed by atoms with Crippen LogP contribution in [-0.4, -0.2) is 57.2 Å². The van der Waals surface area contributed by atoms with E-state index in [0.29, 0.717) is 13.1 Å². The second-order valence-electron chi connectivity index (χ2n) is 6.97. The molecule has 8 heteroatoms. The first-order chi connectivity index (χ1) is 14.7. The van der Waals surface area contributed by atoms with E-state index in [9.17, 15) is 4.79 Å². The van der Waals surface area contributed by atoms with Gasteiger partial charge in [-0.25, -0.2) is 0 Å². The largest absolute Gasteiger partial charge is 0.493 e. The van der Waals surface area contributed by atoms with Crippen molar-refractivity contribution in [1.29, 1.82) is 0 Å². The molecule has 1 aromatic heterocycles. The first kappa shape index (κ1) is 22.0. The third-order valence-electron chi connectivity index (χ3n) is 4.98. The lowest BCUT2D eigenvalue weighted by atomic mass is 9.99. The van der Waals surface area contributed by atoms with Crippen molar-refractivity contribution in [2.45, 2.75) is 26.3 Å². The van der Waals surface area contributed by atoms with Crippen molar-refractivity contribution in [3.63, 3.8) is 0 Å². The molecule has 0 spiro atoms. The van der Waals surface area contributed by atoms with Crippen LogP contribution < -0.4 is 20.1 Å². The molecule has 30 heavy (non-hydrogen) atoms. The van der Waals surface area contributed by atoms with Gasteiger partial charge in [0.05, 0.1) is 19.1 Å². The van der Waals surface area contributed by atoms with Crippen LogP contribution in [0.25, 0.3) is 0 Å². The number of methoxy groups -OCH3 is 2. The minimum atomic E-state index is -0.0158. The number of benzene rings is 1. The summed E-state index contributed by atoms with van der Waals surface area (Å²) in [6.45, 7) is 5.81. The van der Waals surface area contributed by atoms with Crippen LogP contribution in [0.15, 0.2) is 34.6 Å². The highest BCUT2D eigenvalue weighted by Gasteiger charge is 2.21. The summed E-state index contributed by atoms with van der Waals surface area (Å²) < 4.78 is 10.9. The van der Waals surface area contributed by atoms with Gasteiger partial charge in [-0.2, -0.15) is 0 Å². The zero-order valence-electron chi connectivity index (χ0n) is 17.9. The van der Waals surface area contributed by atoms with Crippen LogP contribution in [0.4, 0.5) is 0 Å². The highest BCUT2D eigenvalue weighted by atomic mass is 32.1. The van der Waals surface area contributed by atoms with Crippen molar-refractivity contribution in [3.8, 4) is 11.5 Å². The molecule has 162 valence electrons. The molecule has 2 N–H and O–H groups in total. The average molecular weight is 431 g/mol. The Kier molecular flexibility index (Phi) is 7.96. The van der Waals surface area contributed by atoms with Gasteiger partial charge >= 0.3 is 0 Å². The number of ether oxygens (including phenoxy) is 2. The minimum absolute atomic E-state index is 0.0158. The topological polar surface area (TPSA) is 75.2 Å². The number of nitrogens with zero attached hydrogens (tertiary/aromatic N) is 2. The molecule has 3 rings (SSSR count). The summed E-state index contributed by atoms with van der Waals surface area (Å²) in [5, 5.41) is 8.25. The molecule has 1 aromatic carbocycles. The predicted molar refractivity (Wildman–Crippen MR) is 121 cm³/mol. The quantitative estimate of drug-likeness (QED) is 0.383. The summed E-state index contributed by atoms with van der Waals surface area (Å²) in [4.78, 5) is 19.8. The number of hydrogen-bond acceptors (Lipinski definition) is 5. The average Bonchev–Trinajstić information content (AvgIpc) is 3.31. The van der Waals surface area contributed by atoms with E-state index in [1.807, 2.05) is 17.5 Å².